The van der Waals surface area contributed by atoms with Gasteiger partial charge in [0.15, 0.2) is 0 Å². The molecule has 0 aliphatic heterocycles. The molecule has 2 aliphatic rings. The Hall–Kier alpha value is -0.0800. The van der Waals surface area contributed by atoms with Gasteiger partial charge >= 0.3 is 0 Å². The summed E-state index contributed by atoms with van der Waals surface area (Å²) < 4.78 is 5.48. The van der Waals surface area contributed by atoms with Crippen molar-refractivity contribution in [3.63, 3.8) is 0 Å². The molecule has 2 atom stereocenters. The van der Waals surface area contributed by atoms with Crippen LogP contribution in [0, 0.1) is 17.3 Å². The molecule has 0 radical (unpaired) electrons. The third-order valence-electron chi connectivity index (χ3n) is 5.02. The SMILES string of the molecule is COC1CC(NC2CC(C(C)C)C2)C1(C)C. The minimum atomic E-state index is 0.317. The fraction of sp³-hybridized carbons (Fsp3) is 1.00. The minimum Gasteiger partial charge on any atom is -0.381 e. The third-order valence-corrected chi connectivity index (χ3v) is 5.02. The number of ether oxygens (including phenoxy) is 1. The lowest BCUT2D eigenvalue weighted by Gasteiger charge is -2.54. The molecule has 0 spiro atoms. The van der Waals surface area contributed by atoms with Gasteiger partial charge in [-0.1, -0.05) is 27.7 Å². The Morgan fingerprint density at radius 2 is 1.81 bits per heavy atom. The first kappa shape index (κ1) is 12.4. The van der Waals surface area contributed by atoms with Crippen molar-refractivity contribution in [2.75, 3.05) is 7.11 Å². The fourth-order valence-electron chi connectivity index (χ4n) is 3.20. The molecule has 2 unspecified atom stereocenters. The summed E-state index contributed by atoms with van der Waals surface area (Å²) >= 11 is 0. The Morgan fingerprint density at radius 1 is 1.19 bits per heavy atom. The van der Waals surface area contributed by atoms with Crippen LogP contribution in [0.15, 0.2) is 0 Å². The summed E-state index contributed by atoms with van der Waals surface area (Å²) in [5.74, 6) is 1.82. The van der Waals surface area contributed by atoms with Crippen LogP contribution in [0.5, 0.6) is 0 Å². The fourth-order valence-corrected chi connectivity index (χ4v) is 3.20. The van der Waals surface area contributed by atoms with Crippen LogP contribution in [0.3, 0.4) is 0 Å². The number of methoxy groups -OCH3 is 1. The van der Waals surface area contributed by atoms with Crippen molar-refractivity contribution in [2.24, 2.45) is 17.3 Å². The quantitative estimate of drug-likeness (QED) is 0.794. The molecule has 2 fully saturated rings. The standard InChI is InChI=1S/C14H27NO/c1-9(2)10-6-11(7-10)15-12-8-13(16-5)14(12,3)4/h9-13,15H,6-8H2,1-5H3. The molecule has 94 valence electrons. The summed E-state index contributed by atoms with van der Waals surface area (Å²) in [6, 6.07) is 1.44. The van der Waals surface area contributed by atoms with Crippen LogP contribution in [0.25, 0.3) is 0 Å². The van der Waals surface area contributed by atoms with Gasteiger partial charge in [-0.05, 0) is 31.1 Å². The topological polar surface area (TPSA) is 21.3 Å². The Bertz CT molecular complexity index is 243. The zero-order chi connectivity index (χ0) is 11.9. The Kier molecular flexibility index (Phi) is 3.33. The van der Waals surface area contributed by atoms with Gasteiger partial charge in [-0.15, -0.1) is 0 Å². The van der Waals surface area contributed by atoms with Gasteiger partial charge in [-0.3, -0.25) is 0 Å². The lowest BCUT2D eigenvalue weighted by molar-refractivity contribution is -0.105. The van der Waals surface area contributed by atoms with Crippen molar-refractivity contribution in [1.29, 1.82) is 0 Å². The van der Waals surface area contributed by atoms with E-state index < -0.39 is 0 Å². The summed E-state index contributed by atoms with van der Waals surface area (Å²) in [5.41, 5.74) is 0.317. The molecule has 0 aromatic heterocycles. The molecule has 2 nitrogen and oxygen atoms in total. The molecule has 16 heavy (non-hydrogen) atoms. The molecular weight excluding hydrogens is 198 g/mol. The second kappa shape index (κ2) is 4.30. The van der Waals surface area contributed by atoms with E-state index in [0.29, 0.717) is 17.6 Å². The van der Waals surface area contributed by atoms with Crippen LogP contribution >= 0.6 is 0 Å². The van der Waals surface area contributed by atoms with Crippen LogP contribution in [0.1, 0.15) is 47.0 Å². The van der Waals surface area contributed by atoms with Crippen LogP contribution < -0.4 is 5.32 Å². The molecule has 0 amide bonds. The normalized spacial score (nSPS) is 41.6. The first-order valence-corrected chi connectivity index (χ1v) is 6.74. The first-order valence-electron chi connectivity index (χ1n) is 6.74. The smallest absolute Gasteiger partial charge is 0.0652 e. The van der Waals surface area contributed by atoms with E-state index in [1.54, 1.807) is 0 Å². The largest absolute Gasteiger partial charge is 0.381 e. The molecule has 0 heterocycles. The molecule has 2 heteroatoms. The highest BCUT2D eigenvalue weighted by Crippen LogP contribution is 2.44. The predicted molar refractivity (Wildman–Crippen MR) is 67.5 cm³/mol. The van der Waals surface area contributed by atoms with Crippen molar-refractivity contribution >= 4 is 0 Å². The highest BCUT2D eigenvalue weighted by Gasteiger charge is 2.49. The highest BCUT2D eigenvalue weighted by molar-refractivity contribution is 5.04. The van der Waals surface area contributed by atoms with Crippen LogP contribution in [0.2, 0.25) is 0 Å². The zero-order valence-corrected chi connectivity index (χ0v) is 11.4. The number of nitrogens with one attached hydrogen (secondary N) is 1. The summed E-state index contributed by atoms with van der Waals surface area (Å²) in [4.78, 5) is 0. The van der Waals surface area contributed by atoms with E-state index in [4.69, 9.17) is 4.74 Å². The van der Waals surface area contributed by atoms with Gasteiger partial charge < -0.3 is 10.1 Å². The van der Waals surface area contributed by atoms with Crippen molar-refractivity contribution in [3.8, 4) is 0 Å². The molecule has 2 saturated carbocycles. The predicted octanol–water partition coefficient (Wildman–Crippen LogP) is 2.82. The van der Waals surface area contributed by atoms with E-state index in [0.717, 1.165) is 17.9 Å². The second-order valence-electron chi connectivity index (χ2n) is 6.67. The molecule has 0 aromatic carbocycles. The Balaban J connectivity index is 1.73. The molecule has 0 aromatic rings. The van der Waals surface area contributed by atoms with Gasteiger partial charge in [-0.25, -0.2) is 0 Å². The lowest BCUT2D eigenvalue weighted by atomic mass is 9.63. The summed E-state index contributed by atoms with van der Waals surface area (Å²) in [7, 11) is 1.83. The molecule has 0 saturated heterocycles. The van der Waals surface area contributed by atoms with Crippen molar-refractivity contribution < 1.29 is 4.74 Å². The van der Waals surface area contributed by atoms with Crippen molar-refractivity contribution in [1.82, 2.24) is 5.32 Å². The first-order chi connectivity index (χ1) is 7.45. The van der Waals surface area contributed by atoms with E-state index in [-0.39, 0.29) is 0 Å². The molecular formula is C14H27NO. The van der Waals surface area contributed by atoms with Crippen molar-refractivity contribution in [2.45, 2.75) is 65.1 Å². The van der Waals surface area contributed by atoms with Gasteiger partial charge in [0, 0.05) is 24.6 Å². The number of hydrogen-bond acceptors (Lipinski definition) is 2. The monoisotopic (exact) mass is 225 g/mol. The van der Waals surface area contributed by atoms with Crippen LogP contribution in [0.4, 0.5) is 0 Å². The van der Waals surface area contributed by atoms with E-state index in [1.165, 1.54) is 19.3 Å². The zero-order valence-electron chi connectivity index (χ0n) is 11.4. The summed E-state index contributed by atoms with van der Waals surface area (Å²) in [6.07, 6.45) is 4.39. The van der Waals surface area contributed by atoms with E-state index in [9.17, 15) is 0 Å². The maximum absolute atomic E-state index is 5.48. The average Bonchev–Trinajstić information content (AvgIpc) is 2.12. The summed E-state index contributed by atoms with van der Waals surface area (Å²) in [5, 5.41) is 3.81. The Labute approximate surface area is 100 Å². The Morgan fingerprint density at radius 3 is 2.25 bits per heavy atom. The average molecular weight is 225 g/mol. The number of hydrogen-bond donors (Lipinski definition) is 1. The second-order valence-corrected chi connectivity index (χ2v) is 6.67. The number of rotatable bonds is 4. The van der Waals surface area contributed by atoms with Gasteiger partial charge in [-0.2, -0.15) is 0 Å². The lowest BCUT2D eigenvalue weighted by Crippen LogP contribution is -2.64. The maximum Gasteiger partial charge on any atom is 0.0652 e. The minimum absolute atomic E-state index is 0.317. The molecule has 1 N–H and O–H groups in total. The van der Waals surface area contributed by atoms with Crippen LogP contribution in [-0.4, -0.2) is 25.3 Å². The molecule has 2 aliphatic carbocycles. The van der Waals surface area contributed by atoms with Gasteiger partial charge in [0.25, 0.3) is 0 Å². The van der Waals surface area contributed by atoms with Crippen LogP contribution in [-0.2, 0) is 4.74 Å². The van der Waals surface area contributed by atoms with Gasteiger partial charge in [0.05, 0.1) is 6.10 Å². The highest BCUT2D eigenvalue weighted by atomic mass is 16.5. The van der Waals surface area contributed by atoms with E-state index >= 15 is 0 Å². The van der Waals surface area contributed by atoms with Gasteiger partial charge in [0.2, 0.25) is 0 Å². The molecule has 2 rings (SSSR count). The van der Waals surface area contributed by atoms with Crippen molar-refractivity contribution in [3.05, 3.63) is 0 Å². The van der Waals surface area contributed by atoms with E-state index in [2.05, 4.69) is 33.0 Å². The third kappa shape index (κ3) is 2.02. The van der Waals surface area contributed by atoms with Gasteiger partial charge in [0.1, 0.15) is 0 Å². The maximum atomic E-state index is 5.48. The molecule has 0 bridgehead atoms. The van der Waals surface area contributed by atoms with E-state index in [1.807, 2.05) is 7.11 Å². The summed E-state index contributed by atoms with van der Waals surface area (Å²) in [6.45, 7) is 9.33.